The Hall–Kier alpha value is -2.19. The molecule has 0 bridgehead atoms. The second-order valence-corrected chi connectivity index (χ2v) is 7.84. The lowest BCUT2D eigenvalue weighted by atomic mass is 10.1. The number of benzene rings is 1. The van der Waals surface area contributed by atoms with Crippen molar-refractivity contribution in [3.63, 3.8) is 0 Å². The van der Waals surface area contributed by atoms with Gasteiger partial charge in [0.1, 0.15) is 18.0 Å². The Morgan fingerprint density at radius 3 is 2.44 bits per heavy atom. The predicted molar refractivity (Wildman–Crippen MR) is 97.9 cm³/mol. The molecule has 134 valence electrons. The van der Waals surface area contributed by atoms with Crippen LogP contribution in [0.5, 0.6) is 0 Å². The fourth-order valence-corrected chi connectivity index (χ4v) is 3.51. The number of nitrogens with zero attached hydrogens (tertiary/aromatic N) is 2. The number of nitrogens with one attached hydrogen (secondary N) is 2. The zero-order valence-corrected chi connectivity index (χ0v) is 14.8. The fraction of sp³-hybridized carbons (Fsp3) is 0.412. The van der Waals surface area contributed by atoms with Gasteiger partial charge in [-0.2, -0.15) is 0 Å². The van der Waals surface area contributed by atoms with Crippen LogP contribution in [0.15, 0.2) is 41.6 Å². The van der Waals surface area contributed by atoms with Gasteiger partial charge in [-0.15, -0.1) is 0 Å². The van der Waals surface area contributed by atoms with E-state index in [1.807, 2.05) is 6.07 Å². The first-order valence-corrected chi connectivity index (χ1v) is 9.99. The van der Waals surface area contributed by atoms with Crippen LogP contribution < -0.4 is 15.8 Å². The molecular weight excluding hydrogens is 338 g/mol. The lowest BCUT2D eigenvalue weighted by Crippen LogP contribution is -2.16. The van der Waals surface area contributed by atoms with Crippen molar-refractivity contribution in [3.05, 3.63) is 42.2 Å². The summed E-state index contributed by atoms with van der Waals surface area (Å²) in [5.41, 5.74) is 1.03. The monoisotopic (exact) mass is 361 g/mol. The van der Waals surface area contributed by atoms with Crippen molar-refractivity contribution in [2.45, 2.75) is 43.0 Å². The zero-order valence-electron chi connectivity index (χ0n) is 14.0. The van der Waals surface area contributed by atoms with Crippen LogP contribution in [0.4, 0.5) is 11.6 Å². The summed E-state index contributed by atoms with van der Waals surface area (Å²) in [6, 6.07) is 9.03. The highest BCUT2D eigenvalue weighted by molar-refractivity contribution is 7.89. The van der Waals surface area contributed by atoms with Crippen LogP contribution in [-0.2, 0) is 16.4 Å². The first-order valence-electron chi connectivity index (χ1n) is 8.45. The molecule has 4 N–H and O–H groups in total. The third-order valence-electron chi connectivity index (χ3n) is 4.35. The van der Waals surface area contributed by atoms with Crippen LogP contribution in [0.1, 0.15) is 31.2 Å². The van der Waals surface area contributed by atoms with Crippen LogP contribution in [0.2, 0.25) is 0 Å². The average Bonchev–Trinajstić information content (AvgIpc) is 3.08. The van der Waals surface area contributed by atoms with E-state index in [0.717, 1.165) is 23.6 Å². The molecule has 3 rings (SSSR count). The van der Waals surface area contributed by atoms with E-state index < -0.39 is 10.0 Å². The van der Waals surface area contributed by atoms with Gasteiger partial charge in [0.15, 0.2) is 0 Å². The van der Waals surface area contributed by atoms with Gasteiger partial charge in [0.25, 0.3) is 0 Å². The van der Waals surface area contributed by atoms with E-state index in [1.54, 1.807) is 18.5 Å². The molecule has 0 aliphatic heterocycles. The lowest BCUT2D eigenvalue weighted by molar-refractivity contribution is 0.598. The highest BCUT2D eigenvalue weighted by Gasteiger charge is 2.15. The van der Waals surface area contributed by atoms with E-state index in [9.17, 15) is 8.42 Å². The third-order valence-corrected chi connectivity index (χ3v) is 5.28. The van der Waals surface area contributed by atoms with E-state index in [0.29, 0.717) is 12.6 Å². The van der Waals surface area contributed by atoms with Crippen molar-refractivity contribution < 1.29 is 8.42 Å². The normalized spacial score (nSPS) is 15.2. The molecule has 1 aromatic heterocycles. The van der Waals surface area contributed by atoms with Crippen LogP contribution in [-0.4, -0.2) is 31.0 Å². The first kappa shape index (κ1) is 17.6. The quantitative estimate of drug-likeness (QED) is 0.697. The van der Waals surface area contributed by atoms with Gasteiger partial charge in [0, 0.05) is 18.7 Å². The molecule has 2 aromatic rings. The average molecular weight is 361 g/mol. The minimum Gasteiger partial charge on any atom is -0.370 e. The molecule has 1 saturated carbocycles. The summed E-state index contributed by atoms with van der Waals surface area (Å²) in [5, 5.41) is 11.8. The highest BCUT2D eigenvalue weighted by atomic mass is 32.2. The van der Waals surface area contributed by atoms with Gasteiger partial charge in [0.05, 0.1) is 4.90 Å². The van der Waals surface area contributed by atoms with Crippen molar-refractivity contribution in [1.29, 1.82) is 0 Å². The number of rotatable bonds is 7. The van der Waals surface area contributed by atoms with Crippen LogP contribution in [0.3, 0.4) is 0 Å². The summed E-state index contributed by atoms with van der Waals surface area (Å²) in [7, 11) is -3.64. The molecule has 7 nitrogen and oxygen atoms in total. The molecule has 0 radical (unpaired) electrons. The van der Waals surface area contributed by atoms with E-state index in [4.69, 9.17) is 5.14 Å². The van der Waals surface area contributed by atoms with E-state index in [1.165, 1.54) is 37.8 Å². The molecule has 8 heteroatoms. The summed E-state index contributed by atoms with van der Waals surface area (Å²) in [5.74, 6) is 1.62. The van der Waals surface area contributed by atoms with Crippen LogP contribution in [0, 0.1) is 0 Å². The maximum atomic E-state index is 11.2. The Labute approximate surface area is 148 Å². The van der Waals surface area contributed by atoms with Gasteiger partial charge in [-0.1, -0.05) is 25.0 Å². The summed E-state index contributed by atoms with van der Waals surface area (Å²) < 4.78 is 22.5. The van der Waals surface area contributed by atoms with Gasteiger partial charge < -0.3 is 10.6 Å². The Bertz CT molecular complexity index is 802. The molecular formula is C17H23N5O2S. The maximum absolute atomic E-state index is 11.2. The number of hydrogen-bond donors (Lipinski definition) is 3. The number of primary sulfonamides is 1. The standard InChI is InChI=1S/C17H23N5O2S/c18-25(23,24)15-7-5-13(6-8-15)9-10-19-16-11-17(21-12-20-16)22-14-3-1-2-4-14/h5-8,11-12,14H,1-4,9-10H2,(H2,18,23,24)(H2,19,20,21,22). The number of nitrogens with two attached hydrogens (primary N) is 1. The summed E-state index contributed by atoms with van der Waals surface area (Å²) >= 11 is 0. The number of anilines is 2. The van der Waals surface area contributed by atoms with E-state index in [2.05, 4.69) is 20.6 Å². The summed E-state index contributed by atoms with van der Waals surface area (Å²) in [6.45, 7) is 0.689. The van der Waals surface area contributed by atoms with Crippen molar-refractivity contribution in [2.75, 3.05) is 17.2 Å². The SMILES string of the molecule is NS(=O)(=O)c1ccc(CCNc2cc(NC3CCCC3)ncn2)cc1. The van der Waals surface area contributed by atoms with E-state index >= 15 is 0 Å². The van der Waals surface area contributed by atoms with Gasteiger partial charge in [-0.05, 0) is 37.0 Å². The van der Waals surface area contributed by atoms with Crippen molar-refractivity contribution in [1.82, 2.24) is 9.97 Å². The minimum absolute atomic E-state index is 0.127. The third kappa shape index (κ3) is 5.14. The number of aromatic nitrogens is 2. The minimum atomic E-state index is -3.64. The summed E-state index contributed by atoms with van der Waals surface area (Å²) in [4.78, 5) is 8.63. The lowest BCUT2D eigenvalue weighted by Gasteiger charge is -2.13. The molecule has 0 atom stereocenters. The number of sulfonamides is 1. The Morgan fingerprint density at radius 1 is 1.08 bits per heavy atom. The van der Waals surface area contributed by atoms with Gasteiger partial charge in [0.2, 0.25) is 10.0 Å². The Balaban J connectivity index is 1.51. The largest absolute Gasteiger partial charge is 0.370 e. The number of hydrogen-bond acceptors (Lipinski definition) is 6. The van der Waals surface area contributed by atoms with Crippen molar-refractivity contribution in [3.8, 4) is 0 Å². The van der Waals surface area contributed by atoms with Gasteiger partial charge in [-0.3, -0.25) is 0 Å². The molecule has 1 aliphatic carbocycles. The fourth-order valence-electron chi connectivity index (χ4n) is 2.99. The van der Waals surface area contributed by atoms with Crippen LogP contribution in [0.25, 0.3) is 0 Å². The smallest absolute Gasteiger partial charge is 0.238 e. The first-order chi connectivity index (χ1) is 12.0. The zero-order chi connectivity index (χ0) is 17.7. The van der Waals surface area contributed by atoms with Gasteiger partial charge in [-0.25, -0.2) is 23.5 Å². The highest BCUT2D eigenvalue weighted by Crippen LogP contribution is 2.21. The molecule has 0 amide bonds. The topological polar surface area (TPSA) is 110 Å². The predicted octanol–water partition coefficient (Wildman–Crippen LogP) is 2.13. The molecule has 0 unspecified atom stereocenters. The molecule has 1 heterocycles. The van der Waals surface area contributed by atoms with Crippen LogP contribution >= 0.6 is 0 Å². The Morgan fingerprint density at radius 2 is 1.76 bits per heavy atom. The maximum Gasteiger partial charge on any atom is 0.238 e. The van der Waals surface area contributed by atoms with Crippen molar-refractivity contribution >= 4 is 21.7 Å². The van der Waals surface area contributed by atoms with E-state index in [-0.39, 0.29) is 4.90 Å². The second kappa shape index (κ2) is 7.79. The molecule has 1 aliphatic rings. The molecule has 0 saturated heterocycles. The molecule has 1 aromatic carbocycles. The molecule has 25 heavy (non-hydrogen) atoms. The second-order valence-electron chi connectivity index (χ2n) is 6.28. The molecule has 0 spiro atoms. The van der Waals surface area contributed by atoms with Crippen molar-refractivity contribution in [2.24, 2.45) is 5.14 Å². The summed E-state index contributed by atoms with van der Waals surface area (Å²) in [6.07, 6.45) is 7.25. The molecule has 1 fully saturated rings. The Kier molecular flexibility index (Phi) is 5.50. The van der Waals surface area contributed by atoms with Gasteiger partial charge >= 0.3 is 0 Å².